The molecule has 4 nitrogen and oxygen atoms in total. The van der Waals surface area contributed by atoms with Crippen LogP contribution in [0.15, 0.2) is 24.3 Å². The van der Waals surface area contributed by atoms with Crippen molar-refractivity contribution in [2.45, 2.75) is 20.8 Å². The lowest BCUT2D eigenvalue weighted by molar-refractivity contribution is -0.255. The minimum absolute atomic E-state index is 0.0479. The second-order valence-corrected chi connectivity index (χ2v) is 4.57. The fourth-order valence-electron chi connectivity index (χ4n) is 1.04. The molecule has 0 aromatic heterocycles. The van der Waals surface area contributed by atoms with Gasteiger partial charge >= 0.3 is 0 Å². The van der Waals surface area contributed by atoms with E-state index in [4.69, 9.17) is 0 Å². The van der Waals surface area contributed by atoms with E-state index < -0.39 is 11.4 Å². The summed E-state index contributed by atoms with van der Waals surface area (Å²) in [6.45, 7) is 5.35. The zero-order chi connectivity index (χ0) is 12.3. The SMILES string of the molecule is CC(C)(C)C(=O)Nc1cccc(C(=O)[O-])c1. The van der Waals surface area contributed by atoms with Crippen molar-refractivity contribution in [1.29, 1.82) is 0 Å². The van der Waals surface area contributed by atoms with Gasteiger partial charge in [0.1, 0.15) is 0 Å². The maximum atomic E-state index is 11.6. The molecule has 0 fully saturated rings. The standard InChI is InChI=1S/C12H15NO3/c1-12(2,3)11(16)13-9-6-4-5-8(7-9)10(14)15/h4-7H,1-3H3,(H,13,16)(H,14,15)/p-1. The molecule has 86 valence electrons. The monoisotopic (exact) mass is 220 g/mol. The Labute approximate surface area is 94.3 Å². The second kappa shape index (κ2) is 4.35. The van der Waals surface area contributed by atoms with Gasteiger partial charge in [0.25, 0.3) is 0 Å². The quantitative estimate of drug-likeness (QED) is 0.809. The molecule has 4 heteroatoms. The summed E-state index contributed by atoms with van der Waals surface area (Å²) in [5.41, 5.74) is -0.00867. The Balaban J connectivity index is 2.87. The molecular weight excluding hydrogens is 206 g/mol. The highest BCUT2D eigenvalue weighted by Crippen LogP contribution is 2.17. The van der Waals surface area contributed by atoms with Crippen LogP contribution in [0.5, 0.6) is 0 Å². The molecular formula is C12H14NO3-. The van der Waals surface area contributed by atoms with E-state index in [1.54, 1.807) is 32.9 Å². The first-order valence-electron chi connectivity index (χ1n) is 4.93. The van der Waals surface area contributed by atoms with Gasteiger partial charge in [-0.2, -0.15) is 0 Å². The predicted octanol–water partition coefficient (Wildman–Crippen LogP) is 1.03. The van der Waals surface area contributed by atoms with Gasteiger partial charge in [-0.15, -0.1) is 0 Å². The molecule has 1 N–H and O–H groups in total. The van der Waals surface area contributed by atoms with E-state index in [0.717, 1.165) is 0 Å². The normalized spacial score (nSPS) is 10.9. The second-order valence-electron chi connectivity index (χ2n) is 4.57. The summed E-state index contributed by atoms with van der Waals surface area (Å²) in [7, 11) is 0. The highest BCUT2D eigenvalue weighted by Gasteiger charge is 2.21. The Hall–Kier alpha value is -1.84. The maximum absolute atomic E-state index is 11.6. The van der Waals surface area contributed by atoms with Gasteiger partial charge in [0, 0.05) is 11.1 Å². The largest absolute Gasteiger partial charge is 0.545 e. The average Bonchev–Trinajstić information content (AvgIpc) is 2.16. The topological polar surface area (TPSA) is 69.2 Å². The summed E-state index contributed by atoms with van der Waals surface area (Å²) in [6, 6.07) is 5.99. The van der Waals surface area contributed by atoms with Crippen molar-refractivity contribution in [3.63, 3.8) is 0 Å². The number of hydrogen-bond donors (Lipinski definition) is 1. The van der Waals surface area contributed by atoms with Crippen molar-refractivity contribution in [1.82, 2.24) is 0 Å². The summed E-state index contributed by atoms with van der Waals surface area (Å²) >= 11 is 0. The van der Waals surface area contributed by atoms with Crippen LogP contribution in [-0.2, 0) is 4.79 Å². The number of rotatable bonds is 2. The molecule has 0 saturated carbocycles. The molecule has 0 bridgehead atoms. The number of hydrogen-bond acceptors (Lipinski definition) is 3. The molecule has 0 unspecified atom stereocenters. The molecule has 1 amide bonds. The van der Waals surface area contributed by atoms with E-state index in [1.807, 2.05) is 0 Å². The van der Waals surface area contributed by atoms with Gasteiger partial charge in [-0.05, 0) is 17.7 Å². The van der Waals surface area contributed by atoms with Crippen LogP contribution < -0.4 is 10.4 Å². The van der Waals surface area contributed by atoms with Crippen molar-refractivity contribution >= 4 is 17.6 Å². The smallest absolute Gasteiger partial charge is 0.229 e. The van der Waals surface area contributed by atoms with Crippen LogP contribution in [0.2, 0.25) is 0 Å². The summed E-state index contributed by atoms with van der Waals surface area (Å²) < 4.78 is 0. The van der Waals surface area contributed by atoms with Crippen LogP contribution in [0.25, 0.3) is 0 Å². The summed E-state index contributed by atoms with van der Waals surface area (Å²) in [5.74, 6) is -1.42. The van der Waals surface area contributed by atoms with Gasteiger partial charge in [-0.3, -0.25) is 4.79 Å². The van der Waals surface area contributed by atoms with E-state index in [2.05, 4.69) is 5.32 Å². The fraction of sp³-hybridized carbons (Fsp3) is 0.333. The Kier molecular flexibility index (Phi) is 3.32. The van der Waals surface area contributed by atoms with E-state index >= 15 is 0 Å². The molecule has 0 aliphatic heterocycles. The first-order chi connectivity index (χ1) is 7.30. The lowest BCUT2D eigenvalue weighted by atomic mass is 9.95. The first kappa shape index (κ1) is 12.2. The molecule has 1 aromatic carbocycles. The van der Waals surface area contributed by atoms with Gasteiger partial charge in [-0.1, -0.05) is 32.9 Å². The fourth-order valence-corrected chi connectivity index (χ4v) is 1.04. The van der Waals surface area contributed by atoms with E-state index in [0.29, 0.717) is 5.69 Å². The van der Waals surface area contributed by atoms with Crippen LogP contribution in [0, 0.1) is 5.41 Å². The Morgan fingerprint density at radius 3 is 2.38 bits per heavy atom. The number of carbonyl (C=O) groups is 2. The minimum Gasteiger partial charge on any atom is -0.545 e. The highest BCUT2D eigenvalue weighted by molar-refractivity contribution is 5.96. The number of carboxylic acid groups (broad SMARTS) is 1. The Morgan fingerprint density at radius 1 is 1.25 bits per heavy atom. The molecule has 16 heavy (non-hydrogen) atoms. The lowest BCUT2D eigenvalue weighted by Crippen LogP contribution is -2.28. The van der Waals surface area contributed by atoms with Crippen molar-refractivity contribution < 1.29 is 14.7 Å². The molecule has 0 aliphatic carbocycles. The van der Waals surface area contributed by atoms with Crippen LogP contribution in [-0.4, -0.2) is 11.9 Å². The third-order valence-electron chi connectivity index (χ3n) is 2.04. The Bertz CT molecular complexity index is 419. The van der Waals surface area contributed by atoms with Crippen molar-refractivity contribution in [2.75, 3.05) is 5.32 Å². The maximum Gasteiger partial charge on any atom is 0.229 e. The zero-order valence-corrected chi connectivity index (χ0v) is 9.53. The number of carbonyl (C=O) groups excluding carboxylic acids is 2. The molecule has 1 aromatic rings. The molecule has 0 heterocycles. The van der Waals surface area contributed by atoms with Crippen LogP contribution in [0.1, 0.15) is 31.1 Å². The van der Waals surface area contributed by atoms with Gasteiger partial charge in [0.05, 0.1) is 5.97 Å². The van der Waals surface area contributed by atoms with Gasteiger partial charge in [0.15, 0.2) is 0 Å². The zero-order valence-electron chi connectivity index (χ0n) is 9.53. The van der Waals surface area contributed by atoms with Gasteiger partial charge in [-0.25, -0.2) is 0 Å². The first-order valence-corrected chi connectivity index (χ1v) is 4.93. The van der Waals surface area contributed by atoms with E-state index in [9.17, 15) is 14.7 Å². The summed E-state index contributed by atoms with van der Waals surface area (Å²) in [4.78, 5) is 22.3. The lowest BCUT2D eigenvalue weighted by Gasteiger charge is -2.18. The molecule has 0 spiro atoms. The van der Waals surface area contributed by atoms with Crippen LogP contribution in [0.3, 0.4) is 0 Å². The molecule has 0 radical (unpaired) electrons. The summed E-state index contributed by atoms with van der Waals surface area (Å²) in [5, 5.41) is 13.3. The third kappa shape index (κ3) is 3.08. The molecule has 0 saturated heterocycles. The van der Waals surface area contributed by atoms with Gasteiger partial charge < -0.3 is 15.2 Å². The molecule has 1 rings (SSSR count). The number of aromatic carboxylic acids is 1. The van der Waals surface area contributed by atoms with Crippen LogP contribution in [0.4, 0.5) is 5.69 Å². The van der Waals surface area contributed by atoms with Crippen molar-refractivity contribution in [3.8, 4) is 0 Å². The number of amides is 1. The third-order valence-corrected chi connectivity index (χ3v) is 2.04. The number of anilines is 1. The minimum atomic E-state index is -1.26. The predicted molar refractivity (Wildman–Crippen MR) is 58.9 cm³/mol. The van der Waals surface area contributed by atoms with E-state index in [-0.39, 0.29) is 11.5 Å². The molecule has 0 atom stereocenters. The van der Waals surface area contributed by atoms with Gasteiger partial charge in [0.2, 0.25) is 5.91 Å². The number of benzene rings is 1. The van der Waals surface area contributed by atoms with Crippen molar-refractivity contribution in [2.24, 2.45) is 5.41 Å². The Morgan fingerprint density at radius 2 is 1.88 bits per heavy atom. The van der Waals surface area contributed by atoms with Crippen molar-refractivity contribution in [3.05, 3.63) is 29.8 Å². The number of nitrogens with one attached hydrogen (secondary N) is 1. The highest BCUT2D eigenvalue weighted by atomic mass is 16.4. The average molecular weight is 220 g/mol. The number of carboxylic acids is 1. The molecule has 0 aliphatic rings. The summed E-state index contributed by atoms with van der Waals surface area (Å²) in [6.07, 6.45) is 0. The van der Waals surface area contributed by atoms with Crippen LogP contribution >= 0.6 is 0 Å². The van der Waals surface area contributed by atoms with E-state index in [1.165, 1.54) is 12.1 Å².